The molecule has 142 valence electrons. The first-order valence-corrected chi connectivity index (χ1v) is 9.39. The number of alkyl halides is 2. The van der Waals surface area contributed by atoms with Crippen LogP contribution in [0.15, 0.2) is 23.1 Å². The molecule has 0 aromatic heterocycles. The predicted molar refractivity (Wildman–Crippen MR) is 98.1 cm³/mol. The Kier molecular flexibility index (Phi) is 11.3. The molecule has 0 unspecified atom stereocenters. The Morgan fingerprint density at radius 3 is 2.32 bits per heavy atom. The molecule has 0 saturated heterocycles. The Bertz CT molecular complexity index is 509. The van der Waals surface area contributed by atoms with Crippen molar-refractivity contribution < 1.29 is 23.0 Å². The van der Waals surface area contributed by atoms with Gasteiger partial charge < -0.3 is 9.47 Å². The number of carbonyl (C=O) groups excluding carboxylic acids is 1. The highest BCUT2D eigenvalue weighted by Crippen LogP contribution is 2.21. The number of halogens is 2. The molecule has 0 saturated carbocycles. The molecule has 1 aromatic carbocycles. The number of carbonyl (C=O) groups is 1. The first-order valence-electron chi connectivity index (χ1n) is 8.95. The number of hydrogen-bond acceptors (Lipinski definition) is 4. The molecule has 0 aliphatic carbocycles. The predicted octanol–water partition coefficient (Wildman–Crippen LogP) is 5.92. The van der Waals surface area contributed by atoms with Gasteiger partial charge in [0.1, 0.15) is 12.4 Å². The third-order valence-electron chi connectivity index (χ3n) is 3.73. The van der Waals surface area contributed by atoms with E-state index in [1.165, 1.54) is 50.3 Å². The molecule has 0 amide bonds. The summed E-state index contributed by atoms with van der Waals surface area (Å²) in [6.07, 6.45) is 6.78. The SMILES string of the molecule is CCCCCCCCCCOC(=O)c1cc(S)cc(OCC(F)F)c1. The fourth-order valence-electron chi connectivity index (χ4n) is 2.43. The molecule has 0 heterocycles. The van der Waals surface area contributed by atoms with Gasteiger partial charge in [0.15, 0.2) is 0 Å². The summed E-state index contributed by atoms with van der Waals surface area (Å²) in [6, 6.07) is 4.42. The van der Waals surface area contributed by atoms with E-state index >= 15 is 0 Å². The van der Waals surface area contributed by atoms with E-state index in [9.17, 15) is 13.6 Å². The van der Waals surface area contributed by atoms with Gasteiger partial charge in [-0.3, -0.25) is 0 Å². The van der Waals surface area contributed by atoms with Gasteiger partial charge in [0.2, 0.25) is 0 Å². The lowest BCUT2D eigenvalue weighted by Gasteiger charge is -2.09. The van der Waals surface area contributed by atoms with Crippen molar-refractivity contribution in [2.75, 3.05) is 13.2 Å². The molecule has 25 heavy (non-hydrogen) atoms. The number of ether oxygens (including phenoxy) is 2. The second-order valence-corrected chi connectivity index (χ2v) is 6.54. The fourth-order valence-corrected chi connectivity index (χ4v) is 2.69. The highest BCUT2D eigenvalue weighted by Gasteiger charge is 2.11. The van der Waals surface area contributed by atoms with E-state index in [1.54, 1.807) is 0 Å². The molecule has 6 heteroatoms. The van der Waals surface area contributed by atoms with E-state index < -0.39 is 19.0 Å². The van der Waals surface area contributed by atoms with Gasteiger partial charge in [0.05, 0.1) is 12.2 Å². The summed E-state index contributed by atoms with van der Waals surface area (Å²) in [6.45, 7) is 1.84. The number of esters is 1. The van der Waals surface area contributed by atoms with Crippen molar-refractivity contribution in [1.29, 1.82) is 0 Å². The third-order valence-corrected chi connectivity index (χ3v) is 3.99. The lowest BCUT2D eigenvalue weighted by molar-refractivity contribution is 0.0496. The van der Waals surface area contributed by atoms with E-state index in [2.05, 4.69) is 19.6 Å². The normalized spacial score (nSPS) is 10.9. The van der Waals surface area contributed by atoms with Crippen LogP contribution in [0.2, 0.25) is 0 Å². The van der Waals surface area contributed by atoms with Crippen LogP contribution >= 0.6 is 12.6 Å². The van der Waals surface area contributed by atoms with Gasteiger partial charge >= 0.3 is 5.97 Å². The zero-order valence-corrected chi connectivity index (χ0v) is 15.7. The summed E-state index contributed by atoms with van der Waals surface area (Å²) in [5.41, 5.74) is 0.260. The van der Waals surface area contributed by atoms with Gasteiger partial charge in [-0.25, -0.2) is 13.6 Å². The molecular formula is C19H28F2O3S. The summed E-state index contributed by atoms with van der Waals surface area (Å²) in [5.74, 6) is -0.299. The van der Waals surface area contributed by atoms with Gasteiger partial charge in [-0.05, 0) is 24.6 Å². The van der Waals surface area contributed by atoms with Gasteiger partial charge in [-0.1, -0.05) is 51.9 Å². The maximum Gasteiger partial charge on any atom is 0.338 e. The van der Waals surface area contributed by atoms with E-state index in [1.807, 2.05) is 0 Å². The van der Waals surface area contributed by atoms with Crippen LogP contribution in [-0.2, 0) is 4.74 Å². The minimum absolute atomic E-state index is 0.187. The topological polar surface area (TPSA) is 35.5 Å². The lowest BCUT2D eigenvalue weighted by atomic mass is 10.1. The van der Waals surface area contributed by atoms with Crippen LogP contribution in [-0.4, -0.2) is 25.6 Å². The molecule has 1 rings (SSSR count). The minimum atomic E-state index is -2.57. The fraction of sp³-hybridized carbons (Fsp3) is 0.632. The summed E-state index contributed by atoms with van der Waals surface area (Å²) in [5, 5.41) is 0. The quantitative estimate of drug-likeness (QED) is 0.265. The van der Waals surface area contributed by atoms with Crippen LogP contribution in [0.3, 0.4) is 0 Å². The van der Waals surface area contributed by atoms with Crippen LogP contribution in [0.4, 0.5) is 8.78 Å². The first-order chi connectivity index (χ1) is 12.0. The van der Waals surface area contributed by atoms with Crippen molar-refractivity contribution in [2.24, 2.45) is 0 Å². The van der Waals surface area contributed by atoms with Crippen molar-refractivity contribution in [3.63, 3.8) is 0 Å². The largest absolute Gasteiger partial charge is 0.488 e. The Hall–Kier alpha value is -1.30. The zero-order chi connectivity index (χ0) is 18.5. The lowest BCUT2D eigenvalue weighted by Crippen LogP contribution is -2.09. The molecule has 0 bridgehead atoms. The minimum Gasteiger partial charge on any atom is -0.488 e. The molecule has 1 aromatic rings. The average Bonchev–Trinajstić information content (AvgIpc) is 2.58. The number of hydrogen-bond donors (Lipinski definition) is 1. The second-order valence-electron chi connectivity index (χ2n) is 6.03. The van der Waals surface area contributed by atoms with Gasteiger partial charge in [0.25, 0.3) is 6.43 Å². The third kappa shape index (κ3) is 10.3. The summed E-state index contributed by atoms with van der Waals surface area (Å²) in [7, 11) is 0. The van der Waals surface area contributed by atoms with Gasteiger partial charge in [-0.2, -0.15) is 0 Å². The molecule has 0 fully saturated rings. The molecule has 3 nitrogen and oxygen atoms in total. The summed E-state index contributed by atoms with van der Waals surface area (Å²) in [4.78, 5) is 12.5. The Morgan fingerprint density at radius 1 is 1.04 bits per heavy atom. The standard InChI is InChI=1S/C19H28F2O3S/c1-2-3-4-5-6-7-8-9-10-23-19(22)15-11-16(13-17(25)12-15)24-14-18(20)21/h11-13,18,25H,2-10,14H2,1H3. The molecular weight excluding hydrogens is 346 g/mol. The Morgan fingerprint density at radius 2 is 1.68 bits per heavy atom. The summed E-state index contributed by atoms with van der Waals surface area (Å²) < 4.78 is 34.6. The number of benzene rings is 1. The van der Waals surface area contributed by atoms with Crippen LogP contribution in [0.5, 0.6) is 5.75 Å². The highest BCUT2D eigenvalue weighted by atomic mass is 32.1. The molecule has 0 spiro atoms. The molecule has 0 radical (unpaired) electrons. The van der Waals surface area contributed by atoms with Crippen molar-refractivity contribution in [3.8, 4) is 5.75 Å². The van der Waals surface area contributed by atoms with Crippen molar-refractivity contribution in [3.05, 3.63) is 23.8 Å². The van der Waals surface area contributed by atoms with Crippen LogP contribution in [0.1, 0.15) is 68.6 Å². The van der Waals surface area contributed by atoms with E-state index in [0.717, 1.165) is 19.3 Å². The average molecular weight is 374 g/mol. The monoisotopic (exact) mass is 374 g/mol. The second kappa shape index (κ2) is 13.0. The van der Waals surface area contributed by atoms with Crippen molar-refractivity contribution in [1.82, 2.24) is 0 Å². The molecule has 0 aliphatic rings. The molecule has 0 N–H and O–H groups in total. The first kappa shape index (κ1) is 21.7. The Labute approximate surface area is 154 Å². The van der Waals surface area contributed by atoms with Gasteiger partial charge in [-0.15, -0.1) is 12.6 Å². The van der Waals surface area contributed by atoms with Crippen LogP contribution in [0, 0.1) is 0 Å². The van der Waals surface area contributed by atoms with Crippen LogP contribution in [0.25, 0.3) is 0 Å². The highest BCUT2D eigenvalue weighted by molar-refractivity contribution is 7.80. The number of unbranched alkanes of at least 4 members (excludes halogenated alkanes) is 7. The Balaban J connectivity index is 2.27. The van der Waals surface area contributed by atoms with E-state index in [4.69, 9.17) is 9.47 Å². The van der Waals surface area contributed by atoms with Gasteiger partial charge in [0, 0.05) is 4.90 Å². The van der Waals surface area contributed by atoms with Crippen LogP contribution < -0.4 is 4.74 Å². The number of thiol groups is 1. The van der Waals surface area contributed by atoms with E-state index in [0.29, 0.717) is 11.5 Å². The maximum atomic E-state index is 12.2. The van der Waals surface area contributed by atoms with Crippen molar-refractivity contribution in [2.45, 2.75) is 69.6 Å². The molecule has 0 atom stereocenters. The zero-order valence-electron chi connectivity index (χ0n) is 14.8. The smallest absolute Gasteiger partial charge is 0.338 e. The summed E-state index contributed by atoms with van der Waals surface area (Å²) >= 11 is 4.16. The molecule has 0 aliphatic heterocycles. The van der Waals surface area contributed by atoms with Crippen molar-refractivity contribution >= 4 is 18.6 Å². The number of rotatable bonds is 13. The van der Waals surface area contributed by atoms with E-state index in [-0.39, 0.29) is 11.3 Å². The maximum absolute atomic E-state index is 12.2.